The van der Waals surface area contributed by atoms with Crippen LogP contribution in [0, 0.1) is 12.7 Å². The summed E-state index contributed by atoms with van der Waals surface area (Å²) in [5, 5.41) is 11.5. The SMILES string of the molecule is Cc1ccc(C(=O)Nc2ccc(O)cc2F)cc1. The van der Waals surface area contributed by atoms with Crippen molar-refractivity contribution in [3.8, 4) is 5.75 Å². The van der Waals surface area contributed by atoms with Gasteiger partial charge in [0, 0.05) is 11.6 Å². The van der Waals surface area contributed by atoms with E-state index in [2.05, 4.69) is 5.32 Å². The van der Waals surface area contributed by atoms with Gasteiger partial charge in [-0.1, -0.05) is 17.7 Å². The van der Waals surface area contributed by atoms with Gasteiger partial charge >= 0.3 is 0 Å². The molecule has 18 heavy (non-hydrogen) atoms. The van der Waals surface area contributed by atoms with Gasteiger partial charge < -0.3 is 10.4 Å². The molecule has 0 bridgehead atoms. The van der Waals surface area contributed by atoms with E-state index in [0.717, 1.165) is 11.6 Å². The fraction of sp³-hybridized carbons (Fsp3) is 0.0714. The van der Waals surface area contributed by atoms with Gasteiger partial charge in [0.2, 0.25) is 0 Å². The van der Waals surface area contributed by atoms with Gasteiger partial charge in [-0.25, -0.2) is 4.39 Å². The van der Waals surface area contributed by atoms with Crippen LogP contribution in [-0.4, -0.2) is 11.0 Å². The molecule has 0 unspecified atom stereocenters. The number of aromatic hydroxyl groups is 1. The summed E-state index contributed by atoms with van der Waals surface area (Å²) in [6.07, 6.45) is 0. The second-order valence-corrected chi connectivity index (χ2v) is 3.98. The Morgan fingerprint density at radius 2 is 1.83 bits per heavy atom. The molecular weight excluding hydrogens is 233 g/mol. The quantitative estimate of drug-likeness (QED) is 0.799. The number of nitrogens with one attached hydrogen (secondary N) is 1. The van der Waals surface area contributed by atoms with Crippen LogP contribution in [-0.2, 0) is 0 Å². The molecule has 0 fully saturated rings. The van der Waals surface area contributed by atoms with Gasteiger partial charge in [-0.15, -0.1) is 0 Å². The molecule has 2 rings (SSSR count). The Morgan fingerprint density at radius 3 is 2.44 bits per heavy atom. The van der Waals surface area contributed by atoms with Gasteiger partial charge in [-0.3, -0.25) is 4.79 Å². The first kappa shape index (κ1) is 12.1. The monoisotopic (exact) mass is 245 g/mol. The first-order valence-electron chi connectivity index (χ1n) is 5.43. The van der Waals surface area contributed by atoms with Gasteiger partial charge in [0.15, 0.2) is 0 Å². The number of carbonyl (C=O) groups excluding carboxylic acids is 1. The molecule has 0 saturated heterocycles. The van der Waals surface area contributed by atoms with Crippen molar-refractivity contribution in [1.29, 1.82) is 0 Å². The lowest BCUT2D eigenvalue weighted by atomic mass is 10.1. The van der Waals surface area contributed by atoms with Crippen LogP contribution in [0.2, 0.25) is 0 Å². The van der Waals surface area contributed by atoms with Gasteiger partial charge in [0.1, 0.15) is 11.6 Å². The van der Waals surface area contributed by atoms with Crippen molar-refractivity contribution in [2.45, 2.75) is 6.92 Å². The smallest absolute Gasteiger partial charge is 0.255 e. The molecule has 0 heterocycles. The Morgan fingerprint density at radius 1 is 1.17 bits per heavy atom. The number of hydrogen-bond donors (Lipinski definition) is 2. The Balaban J connectivity index is 2.18. The summed E-state index contributed by atoms with van der Waals surface area (Å²) in [4.78, 5) is 11.8. The normalized spacial score (nSPS) is 10.1. The molecule has 0 radical (unpaired) electrons. The van der Waals surface area contributed by atoms with E-state index in [0.29, 0.717) is 5.56 Å². The summed E-state index contributed by atoms with van der Waals surface area (Å²) in [5.41, 5.74) is 1.54. The van der Waals surface area contributed by atoms with E-state index < -0.39 is 5.82 Å². The average molecular weight is 245 g/mol. The molecule has 0 aliphatic heterocycles. The maximum absolute atomic E-state index is 13.4. The number of phenols is 1. The van der Waals surface area contributed by atoms with Crippen molar-refractivity contribution in [1.82, 2.24) is 0 Å². The highest BCUT2D eigenvalue weighted by Gasteiger charge is 2.09. The molecule has 0 aliphatic rings. The molecule has 4 heteroatoms. The van der Waals surface area contributed by atoms with Crippen LogP contribution in [0.25, 0.3) is 0 Å². The van der Waals surface area contributed by atoms with Gasteiger partial charge in [-0.05, 0) is 31.2 Å². The molecule has 0 saturated carbocycles. The lowest BCUT2D eigenvalue weighted by Gasteiger charge is -2.06. The van der Waals surface area contributed by atoms with Crippen molar-refractivity contribution < 1.29 is 14.3 Å². The number of benzene rings is 2. The second-order valence-electron chi connectivity index (χ2n) is 3.98. The first-order chi connectivity index (χ1) is 8.56. The Labute approximate surface area is 104 Å². The van der Waals surface area contributed by atoms with E-state index in [1.165, 1.54) is 12.1 Å². The first-order valence-corrected chi connectivity index (χ1v) is 5.43. The standard InChI is InChI=1S/C14H12FNO2/c1-9-2-4-10(5-3-9)14(18)16-13-7-6-11(17)8-12(13)15/h2-8,17H,1H3,(H,16,18). The Hall–Kier alpha value is -2.36. The van der Waals surface area contributed by atoms with Crippen molar-refractivity contribution in [2.75, 3.05) is 5.32 Å². The maximum atomic E-state index is 13.4. The molecule has 0 aliphatic carbocycles. The van der Waals surface area contributed by atoms with E-state index >= 15 is 0 Å². The average Bonchev–Trinajstić information content (AvgIpc) is 2.33. The highest BCUT2D eigenvalue weighted by molar-refractivity contribution is 6.04. The minimum absolute atomic E-state index is 0.0402. The number of anilines is 1. The van der Waals surface area contributed by atoms with E-state index in [1.54, 1.807) is 12.1 Å². The van der Waals surface area contributed by atoms with Gasteiger partial charge in [-0.2, -0.15) is 0 Å². The molecule has 2 N–H and O–H groups in total. The summed E-state index contributed by atoms with van der Waals surface area (Å²) < 4.78 is 13.4. The van der Waals surface area contributed by atoms with Crippen LogP contribution in [0.3, 0.4) is 0 Å². The summed E-state index contributed by atoms with van der Waals surface area (Å²) in [7, 11) is 0. The zero-order valence-corrected chi connectivity index (χ0v) is 9.77. The van der Waals surface area contributed by atoms with Crippen molar-refractivity contribution in [2.24, 2.45) is 0 Å². The molecule has 92 valence electrons. The maximum Gasteiger partial charge on any atom is 0.255 e. The topological polar surface area (TPSA) is 49.3 Å². The summed E-state index contributed by atoms with van der Waals surface area (Å²) >= 11 is 0. The third-order valence-corrected chi connectivity index (χ3v) is 2.51. The zero-order chi connectivity index (χ0) is 13.1. The van der Waals surface area contributed by atoms with Gasteiger partial charge in [0.05, 0.1) is 5.69 Å². The number of hydrogen-bond acceptors (Lipinski definition) is 2. The minimum atomic E-state index is -0.671. The highest BCUT2D eigenvalue weighted by Crippen LogP contribution is 2.20. The number of amides is 1. The zero-order valence-electron chi connectivity index (χ0n) is 9.77. The fourth-order valence-corrected chi connectivity index (χ4v) is 1.50. The third-order valence-electron chi connectivity index (χ3n) is 2.51. The molecule has 2 aromatic rings. The number of halogens is 1. The predicted octanol–water partition coefficient (Wildman–Crippen LogP) is 3.09. The Kier molecular flexibility index (Phi) is 3.28. The number of rotatable bonds is 2. The molecule has 1 amide bonds. The molecule has 3 nitrogen and oxygen atoms in total. The predicted molar refractivity (Wildman–Crippen MR) is 67.2 cm³/mol. The van der Waals surface area contributed by atoms with E-state index in [1.807, 2.05) is 19.1 Å². The van der Waals surface area contributed by atoms with Crippen LogP contribution >= 0.6 is 0 Å². The van der Waals surface area contributed by atoms with E-state index in [4.69, 9.17) is 5.11 Å². The van der Waals surface area contributed by atoms with E-state index in [-0.39, 0.29) is 17.3 Å². The third kappa shape index (κ3) is 2.66. The molecular formula is C14H12FNO2. The van der Waals surface area contributed by atoms with Crippen LogP contribution in [0.1, 0.15) is 15.9 Å². The molecule has 0 atom stereocenters. The summed E-state index contributed by atoms with van der Waals surface area (Å²) in [6.45, 7) is 1.92. The lowest BCUT2D eigenvalue weighted by Crippen LogP contribution is -2.12. The lowest BCUT2D eigenvalue weighted by molar-refractivity contribution is 0.102. The number of aryl methyl sites for hydroxylation is 1. The minimum Gasteiger partial charge on any atom is -0.508 e. The molecule has 0 aromatic heterocycles. The van der Waals surface area contributed by atoms with Crippen molar-refractivity contribution >= 4 is 11.6 Å². The highest BCUT2D eigenvalue weighted by atomic mass is 19.1. The van der Waals surface area contributed by atoms with Crippen molar-refractivity contribution in [3.63, 3.8) is 0 Å². The summed E-state index contributed by atoms with van der Waals surface area (Å²) in [5.74, 6) is -1.24. The van der Waals surface area contributed by atoms with Crippen molar-refractivity contribution in [3.05, 3.63) is 59.4 Å². The fourth-order valence-electron chi connectivity index (χ4n) is 1.50. The second kappa shape index (κ2) is 4.87. The largest absolute Gasteiger partial charge is 0.508 e. The molecule has 2 aromatic carbocycles. The Bertz CT molecular complexity index is 579. The number of carbonyl (C=O) groups is 1. The summed E-state index contributed by atoms with van der Waals surface area (Å²) in [6, 6.07) is 10.5. The van der Waals surface area contributed by atoms with Crippen LogP contribution in [0.5, 0.6) is 5.75 Å². The molecule has 0 spiro atoms. The number of phenolic OH excluding ortho intramolecular Hbond substituents is 1. The van der Waals surface area contributed by atoms with Crippen LogP contribution < -0.4 is 5.32 Å². The van der Waals surface area contributed by atoms with E-state index in [9.17, 15) is 9.18 Å². The van der Waals surface area contributed by atoms with Gasteiger partial charge in [0.25, 0.3) is 5.91 Å². The van der Waals surface area contributed by atoms with Crippen LogP contribution in [0.15, 0.2) is 42.5 Å². The van der Waals surface area contributed by atoms with Crippen LogP contribution in [0.4, 0.5) is 10.1 Å².